The highest BCUT2D eigenvalue weighted by molar-refractivity contribution is 7.89. The van der Waals surface area contributed by atoms with Crippen LogP contribution in [0.15, 0.2) is 64.4 Å². The Bertz CT molecular complexity index is 1670. The first-order chi connectivity index (χ1) is 19.2. The quantitative estimate of drug-likeness (QED) is 0.248. The molecule has 0 aliphatic carbocycles. The third-order valence-electron chi connectivity index (χ3n) is 6.91. The summed E-state index contributed by atoms with van der Waals surface area (Å²) in [6.07, 6.45) is 0.669. The number of hydrogen-bond acceptors (Lipinski definition) is 10. The fourth-order valence-corrected chi connectivity index (χ4v) is 9.51. The summed E-state index contributed by atoms with van der Waals surface area (Å²) in [5, 5.41) is 18.6. The maximum absolute atomic E-state index is 13.8. The lowest BCUT2D eigenvalue weighted by Gasteiger charge is -2.27. The van der Waals surface area contributed by atoms with E-state index in [1.165, 1.54) is 57.1 Å². The second kappa shape index (κ2) is 10.6. The van der Waals surface area contributed by atoms with Gasteiger partial charge in [0.25, 0.3) is 0 Å². The first-order valence-electron chi connectivity index (χ1n) is 12.2. The van der Waals surface area contributed by atoms with Crippen LogP contribution in [0.4, 0.5) is 4.79 Å². The van der Waals surface area contributed by atoms with Gasteiger partial charge in [0, 0.05) is 45.4 Å². The summed E-state index contributed by atoms with van der Waals surface area (Å²) in [5.74, 6) is -0.944. The molecule has 2 aliphatic rings. The maximum atomic E-state index is 13.8. The molecule has 1 N–H and O–H groups in total. The number of pyridine rings is 1. The largest absolute Gasteiger partial charge is 0.618 e. The van der Waals surface area contributed by atoms with Gasteiger partial charge in [-0.15, -0.1) is 22.7 Å². The third kappa shape index (κ3) is 4.88. The number of carbonyl (C=O) groups is 3. The van der Waals surface area contributed by atoms with E-state index in [1.807, 2.05) is 29.0 Å². The van der Waals surface area contributed by atoms with E-state index in [-0.39, 0.29) is 24.1 Å². The molecular weight excluding hydrogens is 597 g/mol. The molecule has 4 aromatic rings. The van der Waals surface area contributed by atoms with Gasteiger partial charge in [-0.25, -0.2) is 13.2 Å². The van der Waals surface area contributed by atoms with Crippen LogP contribution in [0.3, 0.4) is 0 Å². The minimum atomic E-state index is -4.29. The molecule has 2 amide bonds. The zero-order valence-electron chi connectivity index (χ0n) is 20.7. The Hall–Kier alpha value is -3.37. The number of nitrogens with zero attached hydrogens (tertiary/aromatic N) is 3. The summed E-state index contributed by atoms with van der Waals surface area (Å²) in [5.41, 5.74) is 0. The SMILES string of the molecule is O=C(NC(Cc1cccs1)C(=O)N1CCC2C1C(=O)CN2S(=O)(=O)c1cccc[n+]1[O-])Oc1cc2sccc2s1. The Kier molecular flexibility index (Phi) is 7.08. The van der Waals surface area contributed by atoms with E-state index in [9.17, 15) is 28.0 Å². The monoisotopic (exact) mass is 618 g/mol. The normalized spacial score (nSPS) is 20.1. The van der Waals surface area contributed by atoms with Gasteiger partial charge in [-0.3, -0.25) is 9.59 Å². The van der Waals surface area contributed by atoms with Crippen molar-refractivity contribution in [2.45, 2.75) is 36.0 Å². The second-order valence-electron chi connectivity index (χ2n) is 9.30. The molecule has 40 heavy (non-hydrogen) atoms. The summed E-state index contributed by atoms with van der Waals surface area (Å²) in [4.78, 5) is 42.0. The van der Waals surface area contributed by atoms with E-state index < -0.39 is 57.5 Å². The van der Waals surface area contributed by atoms with Crippen molar-refractivity contribution >= 4 is 71.2 Å². The van der Waals surface area contributed by atoms with Crippen LogP contribution in [0.2, 0.25) is 0 Å². The summed E-state index contributed by atoms with van der Waals surface area (Å²) in [7, 11) is -4.29. The molecule has 15 heteroatoms. The fourth-order valence-electron chi connectivity index (χ4n) is 5.16. The van der Waals surface area contributed by atoms with Crippen LogP contribution in [0.5, 0.6) is 5.06 Å². The van der Waals surface area contributed by atoms with Crippen molar-refractivity contribution in [3.63, 3.8) is 0 Å². The summed E-state index contributed by atoms with van der Waals surface area (Å²) >= 11 is 4.26. The predicted molar refractivity (Wildman–Crippen MR) is 149 cm³/mol. The Morgan fingerprint density at radius 2 is 2.00 bits per heavy atom. The number of carbonyl (C=O) groups excluding carboxylic acids is 3. The van der Waals surface area contributed by atoms with Gasteiger partial charge >= 0.3 is 21.1 Å². The van der Waals surface area contributed by atoms with Crippen LogP contribution in [0, 0.1) is 5.21 Å². The molecule has 6 rings (SSSR count). The van der Waals surface area contributed by atoms with Gasteiger partial charge in [0.1, 0.15) is 12.1 Å². The molecule has 0 radical (unpaired) electrons. The average molecular weight is 619 g/mol. The number of sulfonamides is 1. The number of rotatable bonds is 7. The lowest BCUT2D eigenvalue weighted by molar-refractivity contribution is -0.646. The first kappa shape index (κ1) is 26.8. The number of thiophene rings is 3. The van der Waals surface area contributed by atoms with Crippen molar-refractivity contribution < 1.29 is 32.3 Å². The van der Waals surface area contributed by atoms with Crippen molar-refractivity contribution in [3.8, 4) is 5.06 Å². The van der Waals surface area contributed by atoms with Gasteiger partial charge in [-0.05, 0) is 35.4 Å². The van der Waals surface area contributed by atoms with Crippen LogP contribution in [-0.4, -0.2) is 66.6 Å². The number of nitrogens with one attached hydrogen (secondary N) is 1. The zero-order valence-corrected chi connectivity index (χ0v) is 23.9. The third-order valence-corrected chi connectivity index (χ3v) is 11.6. The lowest BCUT2D eigenvalue weighted by atomic mass is 10.1. The van der Waals surface area contributed by atoms with Crippen molar-refractivity contribution in [2.75, 3.05) is 13.1 Å². The van der Waals surface area contributed by atoms with Gasteiger partial charge in [0.05, 0.1) is 12.6 Å². The number of ketones is 1. The molecule has 6 heterocycles. The summed E-state index contributed by atoms with van der Waals surface area (Å²) in [6, 6.07) is 8.52. The molecule has 4 aromatic heterocycles. The number of Topliss-reactive ketones (excluding diaryl/α,β-unsaturated/α-hetero) is 1. The minimum absolute atomic E-state index is 0.122. The molecule has 208 valence electrons. The van der Waals surface area contributed by atoms with Crippen molar-refractivity contribution in [2.24, 2.45) is 0 Å². The fraction of sp³-hybridized carbons (Fsp3) is 0.280. The number of hydrogen-bond donors (Lipinski definition) is 1. The molecule has 2 aliphatic heterocycles. The smallest absolute Gasteiger partial charge is 0.414 e. The lowest BCUT2D eigenvalue weighted by Crippen LogP contribution is -2.53. The number of ether oxygens (including phenoxy) is 1. The molecule has 0 bridgehead atoms. The number of likely N-dealkylation sites (tertiary alicyclic amines) is 1. The molecule has 2 fully saturated rings. The van der Waals surface area contributed by atoms with Gasteiger partial charge < -0.3 is 20.2 Å². The molecule has 0 aromatic carbocycles. The topological polar surface area (TPSA) is 140 Å². The van der Waals surface area contributed by atoms with Crippen LogP contribution in [0.1, 0.15) is 11.3 Å². The van der Waals surface area contributed by atoms with Gasteiger partial charge in [0.15, 0.2) is 17.0 Å². The Morgan fingerprint density at radius 3 is 2.75 bits per heavy atom. The highest BCUT2D eigenvalue weighted by Crippen LogP contribution is 2.36. The van der Waals surface area contributed by atoms with Gasteiger partial charge in [-0.2, -0.15) is 9.04 Å². The molecule has 0 spiro atoms. The molecule has 3 atom stereocenters. The van der Waals surface area contributed by atoms with Crippen molar-refractivity contribution in [1.29, 1.82) is 0 Å². The molecule has 0 saturated carbocycles. The second-order valence-corrected chi connectivity index (χ2v) is 14.2. The number of aromatic nitrogens is 1. The van der Waals surface area contributed by atoms with Crippen LogP contribution in [-0.2, 0) is 26.0 Å². The van der Waals surface area contributed by atoms with E-state index in [4.69, 9.17) is 4.74 Å². The highest BCUT2D eigenvalue weighted by atomic mass is 32.2. The van der Waals surface area contributed by atoms with Crippen LogP contribution >= 0.6 is 34.0 Å². The van der Waals surface area contributed by atoms with Crippen molar-refractivity contribution in [3.05, 3.63) is 69.5 Å². The standard InChI is InChI=1S/C25H22N4O7S4/c30-18-14-29(40(34,35)21-5-1-2-8-28(21)33)17-6-9-27(23(17)18)24(31)16(12-15-4-3-10-37-15)26-25(32)36-22-13-20-19(39-22)7-11-38-20/h1-5,7-8,10-11,13,16-17,23H,6,9,12,14H2,(H,26,32). The van der Waals surface area contributed by atoms with Crippen LogP contribution < -0.4 is 14.8 Å². The Labute approximate surface area is 240 Å². The van der Waals surface area contributed by atoms with E-state index in [1.54, 1.807) is 6.07 Å². The first-order valence-corrected chi connectivity index (χ1v) is 16.2. The summed E-state index contributed by atoms with van der Waals surface area (Å²) < 4.78 is 35.3. The van der Waals surface area contributed by atoms with Crippen LogP contribution in [0.25, 0.3) is 9.40 Å². The van der Waals surface area contributed by atoms with E-state index in [0.29, 0.717) is 5.06 Å². The zero-order chi connectivity index (χ0) is 28.0. The predicted octanol–water partition coefficient (Wildman–Crippen LogP) is 2.60. The number of amides is 2. The Morgan fingerprint density at radius 1 is 1.15 bits per heavy atom. The average Bonchev–Trinajstić information content (AvgIpc) is 3.72. The molecule has 2 saturated heterocycles. The minimum Gasteiger partial charge on any atom is -0.618 e. The maximum Gasteiger partial charge on any atom is 0.414 e. The Balaban J connectivity index is 1.22. The highest BCUT2D eigenvalue weighted by Gasteiger charge is 2.55. The van der Waals surface area contributed by atoms with E-state index in [0.717, 1.165) is 24.8 Å². The molecular formula is C25H22N4O7S4. The molecule has 11 nitrogen and oxygen atoms in total. The number of fused-ring (bicyclic) bond motifs is 2. The summed E-state index contributed by atoms with van der Waals surface area (Å²) in [6.45, 7) is -0.326. The van der Waals surface area contributed by atoms with Crippen molar-refractivity contribution in [1.82, 2.24) is 14.5 Å². The van der Waals surface area contributed by atoms with Gasteiger partial charge in [-0.1, -0.05) is 17.4 Å². The van der Waals surface area contributed by atoms with E-state index >= 15 is 0 Å². The van der Waals surface area contributed by atoms with Gasteiger partial charge in [0.2, 0.25) is 5.91 Å². The molecule has 3 unspecified atom stereocenters. The van der Waals surface area contributed by atoms with E-state index in [2.05, 4.69) is 5.32 Å².